The Balaban J connectivity index is 1.78. The van der Waals surface area contributed by atoms with E-state index in [1.165, 1.54) is 12.5 Å². The summed E-state index contributed by atoms with van der Waals surface area (Å²) in [4.78, 5) is 22.4. The topological polar surface area (TPSA) is 60.3 Å². The van der Waals surface area contributed by atoms with Crippen LogP contribution in [0, 0.1) is 0 Å². The van der Waals surface area contributed by atoms with Crippen LogP contribution in [0.3, 0.4) is 0 Å². The van der Waals surface area contributed by atoms with E-state index in [0.717, 1.165) is 5.52 Å². The minimum absolute atomic E-state index is 0.120. The van der Waals surface area contributed by atoms with E-state index in [2.05, 4.69) is 32.8 Å². The zero-order chi connectivity index (χ0) is 14.4. The highest BCUT2D eigenvalue weighted by Crippen LogP contribution is 2.14. The Hall–Kier alpha value is -2.30. The quantitative estimate of drug-likeness (QED) is 0.816. The summed E-state index contributed by atoms with van der Waals surface area (Å²) in [5, 5.41) is 3.98. The first-order valence-corrected chi connectivity index (χ1v) is 6.58. The molecule has 0 aliphatic carbocycles. The van der Waals surface area contributed by atoms with Crippen molar-refractivity contribution in [3.8, 4) is 0 Å². The van der Waals surface area contributed by atoms with Crippen LogP contribution in [0.1, 0.15) is 12.8 Å². The number of aromatic nitrogens is 1. The maximum atomic E-state index is 11.5. The van der Waals surface area contributed by atoms with Crippen molar-refractivity contribution < 1.29 is 14.3 Å². The lowest BCUT2D eigenvalue weighted by atomic mass is 10.2. The van der Waals surface area contributed by atoms with E-state index in [1.807, 2.05) is 18.3 Å². The molecule has 1 aromatic heterocycles. The van der Waals surface area contributed by atoms with Gasteiger partial charge in [-0.25, -0.2) is 0 Å². The number of hydrogen-bond donors (Lipinski definition) is 1. The van der Waals surface area contributed by atoms with Gasteiger partial charge in [0.05, 0.1) is 13.5 Å². The minimum Gasteiger partial charge on any atom is -0.469 e. The number of fused-ring (bicyclic) bond motifs is 1. The Labute approximate surface area is 117 Å². The molecule has 0 saturated heterocycles. The van der Waals surface area contributed by atoms with Gasteiger partial charge in [-0.2, -0.15) is 0 Å². The van der Waals surface area contributed by atoms with Crippen molar-refractivity contribution in [3.63, 3.8) is 0 Å². The number of nitrogens with zero attached hydrogens (tertiary/aromatic N) is 1. The van der Waals surface area contributed by atoms with Crippen LogP contribution >= 0.6 is 0 Å². The minimum atomic E-state index is -0.364. The second kappa shape index (κ2) is 6.75. The van der Waals surface area contributed by atoms with E-state index >= 15 is 0 Å². The van der Waals surface area contributed by atoms with Gasteiger partial charge in [0.15, 0.2) is 0 Å². The molecule has 2 rings (SSSR count). The Kier molecular flexibility index (Phi) is 4.76. The number of ether oxygens (including phenoxy) is 1. The van der Waals surface area contributed by atoms with Gasteiger partial charge in [-0.3, -0.25) is 9.59 Å². The molecule has 5 nitrogen and oxygen atoms in total. The van der Waals surface area contributed by atoms with Crippen molar-refractivity contribution in [2.75, 3.05) is 13.7 Å². The van der Waals surface area contributed by atoms with E-state index in [4.69, 9.17) is 0 Å². The van der Waals surface area contributed by atoms with Crippen LogP contribution in [-0.2, 0) is 20.9 Å². The van der Waals surface area contributed by atoms with E-state index in [9.17, 15) is 9.59 Å². The lowest BCUT2D eigenvalue weighted by Crippen LogP contribution is -2.27. The van der Waals surface area contributed by atoms with Crippen LogP contribution in [0.4, 0.5) is 0 Å². The first-order valence-electron chi connectivity index (χ1n) is 6.58. The third kappa shape index (κ3) is 3.60. The number of carbonyl (C=O) groups excluding carboxylic acids is 2. The standard InChI is InChI=1S/C15H18N2O3/c1-20-15(19)7-6-14(18)16-9-11-17-10-8-12-4-2-3-5-13(12)17/h2-5,8,10H,6-7,9,11H2,1H3,(H,16,18). The van der Waals surface area contributed by atoms with Crippen molar-refractivity contribution >= 4 is 22.8 Å². The molecule has 0 bridgehead atoms. The summed E-state index contributed by atoms with van der Waals surface area (Å²) in [6, 6.07) is 10.2. The van der Waals surface area contributed by atoms with Crippen molar-refractivity contribution in [2.45, 2.75) is 19.4 Å². The second-order valence-corrected chi connectivity index (χ2v) is 4.49. The number of rotatable bonds is 6. The number of benzene rings is 1. The van der Waals surface area contributed by atoms with Crippen LogP contribution in [0.15, 0.2) is 36.5 Å². The van der Waals surface area contributed by atoms with Gasteiger partial charge in [0.2, 0.25) is 5.91 Å². The number of para-hydroxylation sites is 1. The van der Waals surface area contributed by atoms with Crippen molar-refractivity contribution in [3.05, 3.63) is 36.5 Å². The fourth-order valence-electron chi connectivity index (χ4n) is 2.06. The van der Waals surface area contributed by atoms with Crippen molar-refractivity contribution in [1.82, 2.24) is 9.88 Å². The van der Waals surface area contributed by atoms with E-state index in [-0.39, 0.29) is 24.7 Å². The number of methoxy groups -OCH3 is 1. The molecule has 20 heavy (non-hydrogen) atoms. The third-order valence-corrected chi connectivity index (χ3v) is 3.14. The first-order chi connectivity index (χ1) is 9.70. The highest BCUT2D eigenvalue weighted by Gasteiger charge is 2.06. The molecular weight excluding hydrogens is 256 g/mol. The lowest BCUT2D eigenvalue weighted by Gasteiger charge is -2.07. The van der Waals surface area contributed by atoms with E-state index in [0.29, 0.717) is 13.1 Å². The fourth-order valence-corrected chi connectivity index (χ4v) is 2.06. The summed E-state index contributed by atoms with van der Waals surface area (Å²) in [5.74, 6) is -0.497. The predicted molar refractivity (Wildman–Crippen MR) is 76.2 cm³/mol. The molecule has 1 heterocycles. The molecule has 0 fully saturated rings. The Morgan fingerprint density at radius 1 is 1.20 bits per heavy atom. The molecule has 5 heteroatoms. The fraction of sp³-hybridized carbons (Fsp3) is 0.333. The second-order valence-electron chi connectivity index (χ2n) is 4.49. The highest BCUT2D eigenvalue weighted by atomic mass is 16.5. The van der Waals surface area contributed by atoms with Gasteiger partial charge in [-0.05, 0) is 17.5 Å². The molecule has 106 valence electrons. The van der Waals surface area contributed by atoms with Gasteiger partial charge in [0, 0.05) is 31.2 Å². The lowest BCUT2D eigenvalue weighted by molar-refractivity contribution is -0.142. The van der Waals surface area contributed by atoms with Crippen LogP contribution < -0.4 is 5.32 Å². The Bertz CT molecular complexity index is 604. The summed E-state index contributed by atoms with van der Waals surface area (Å²) in [6.45, 7) is 1.25. The maximum absolute atomic E-state index is 11.5. The molecule has 1 N–H and O–H groups in total. The molecule has 2 aromatic rings. The first kappa shape index (κ1) is 14.1. The van der Waals surface area contributed by atoms with Crippen LogP contribution in [-0.4, -0.2) is 30.1 Å². The number of amides is 1. The SMILES string of the molecule is COC(=O)CCC(=O)NCCn1ccc2ccccc21. The number of esters is 1. The molecule has 0 saturated carbocycles. The monoisotopic (exact) mass is 274 g/mol. The number of hydrogen-bond acceptors (Lipinski definition) is 3. The van der Waals surface area contributed by atoms with Crippen molar-refractivity contribution in [1.29, 1.82) is 0 Å². The molecule has 0 radical (unpaired) electrons. The molecule has 1 aromatic carbocycles. The number of carbonyl (C=O) groups is 2. The van der Waals surface area contributed by atoms with Gasteiger partial charge in [-0.1, -0.05) is 18.2 Å². The van der Waals surface area contributed by atoms with Crippen molar-refractivity contribution in [2.24, 2.45) is 0 Å². The highest BCUT2D eigenvalue weighted by molar-refractivity contribution is 5.81. The zero-order valence-electron chi connectivity index (χ0n) is 11.5. The average molecular weight is 274 g/mol. The van der Waals surface area contributed by atoms with Crippen LogP contribution in [0.5, 0.6) is 0 Å². The molecule has 0 aliphatic heterocycles. The smallest absolute Gasteiger partial charge is 0.306 e. The van der Waals surface area contributed by atoms with E-state index in [1.54, 1.807) is 0 Å². The molecule has 0 unspecified atom stereocenters. The predicted octanol–water partition coefficient (Wildman–Crippen LogP) is 1.71. The summed E-state index contributed by atoms with van der Waals surface area (Å²) in [7, 11) is 1.32. The van der Waals surface area contributed by atoms with Gasteiger partial charge >= 0.3 is 5.97 Å². The molecule has 0 atom stereocenters. The van der Waals surface area contributed by atoms with E-state index < -0.39 is 0 Å². The summed E-state index contributed by atoms with van der Waals surface area (Å²) >= 11 is 0. The van der Waals surface area contributed by atoms with Gasteiger partial charge in [-0.15, -0.1) is 0 Å². The molecule has 0 spiro atoms. The third-order valence-electron chi connectivity index (χ3n) is 3.14. The van der Waals surface area contributed by atoms with Crippen LogP contribution in [0.25, 0.3) is 10.9 Å². The summed E-state index contributed by atoms with van der Waals surface area (Å²) < 4.78 is 6.58. The molecular formula is C15H18N2O3. The molecule has 1 amide bonds. The zero-order valence-corrected chi connectivity index (χ0v) is 11.5. The Morgan fingerprint density at radius 3 is 2.80 bits per heavy atom. The Morgan fingerprint density at radius 2 is 2.00 bits per heavy atom. The van der Waals surface area contributed by atoms with Gasteiger partial charge in [0.25, 0.3) is 0 Å². The van der Waals surface area contributed by atoms with Gasteiger partial charge in [0.1, 0.15) is 0 Å². The average Bonchev–Trinajstić information content (AvgIpc) is 2.88. The molecule has 0 aliphatic rings. The largest absolute Gasteiger partial charge is 0.469 e. The normalized spacial score (nSPS) is 10.4. The maximum Gasteiger partial charge on any atom is 0.306 e. The number of nitrogens with one attached hydrogen (secondary N) is 1. The summed E-state index contributed by atoms with van der Waals surface area (Å²) in [6.07, 6.45) is 2.29. The van der Waals surface area contributed by atoms with Crippen LogP contribution in [0.2, 0.25) is 0 Å². The van der Waals surface area contributed by atoms with Gasteiger partial charge < -0.3 is 14.6 Å². The summed E-state index contributed by atoms with van der Waals surface area (Å²) in [5.41, 5.74) is 1.15.